The number of hydrogen-bond acceptors (Lipinski definition) is 4. The minimum absolute atomic E-state index is 0.455. The van der Waals surface area contributed by atoms with E-state index in [2.05, 4.69) is 9.97 Å². The Morgan fingerprint density at radius 2 is 1.77 bits per heavy atom. The first kappa shape index (κ1) is 16.4. The molecule has 0 bridgehead atoms. The SMILES string of the molecule is O=S(=O)(Nc1ccc(C(F)(F)F)c(Cl)n1)c1cccc(F)n1. The molecular formula is C11H6ClF4N3O2S. The molecule has 0 aromatic carbocycles. The Bertz CT molecular complexity index is 811. The molecule has 0 aliphatic carbocycles. The summed E-state index contributed by atoms with van der Waals surface area (Å²) in [7, 11) is -4.30. The molecule has 118 valence electrons. The van der Waals surface area contributed by atoms with Crippen LogP contribution in [0.15, 0.2) is 35.4 Å². The summed E-state index contributed by atoms with van der Waals surface area (Å²) in [5, 5.41) is -1.56. The van der Waals surface area contributed by atoms with Gasteiger partial charge < -0.3 is 0 Å². The van der Waals surface area contributed by atoms with Crippen molar-refractivity contribution in [3.63, 3.8) is 0 Å². The monoisotopic (exact) mass is 355 g/mol. The number of aromatic nitrogens is 2. The second kappa shape index (κ2) is 5.69. The van der Waals surface area contributed by atoms with Crippen LogP contribution >= 0.6 is 11.6 Å². The van der Waals surface area contributed by atoms with E-state index in [1.165, 1.54) is 0 Å². The molecule has 0 saturated heterocycles. The topological polar surface area (TPSA) is 72.0 Å². The van der Waals surface area contributed by atoms with Gasteiger partial charge in [-0.25, -0.2) is 9.97 Å². The van der Waals surface area contributed by atoms with E-state index in [4.69, 9.17) is 11.6 Å². The van der Waals surface area contributed by atoms with E-state index in [9.17, 15) is 26.0 Å². The zero-order chi connectivity index (χ0) is 16.5. The molecule has 5 nitrogen and oxygen atoms in total. The van der Waals surface area contributed by atoms with Crippen LogP contribution < -0.4 is 4.72 Å². The Kier molecular flexibility index (Phi) is 4.25. The van der Waals surface area contributed by atoms with E-state index in [-0.39, 0.29) is 0 Å². The molecule has 0 fully saturated rings. The minimum Gasteiger partial charge on any atom is -0.262 e. The van der Waals surface area contributed by atoms with Gasteiger partial charge in [0.2, 0.25) is 5.95 Å². The molecule has 0 amide bonds. The first-order chi connectivity index (χ1) is 10.1. The lowest BCUT2D eigenvalue weighted by atomic mass is 10.3. The summed E-state index contributed by atoms with van der Waals surface area (Å²) < 4.78 is 76.1. The normalized spacial score (nSPS) is 12.2. The standard InChI is InChI=1S/C11H6ClF4N3O2S/c12-10-6(11(14,15)16)4-5-8(18-10)19-22(20,21)9-3-1-2-7(13)17-9/h1-5H,(H,18,19). The third kappa shape index (κ3) is 3.63. The Labute approximate surface area is 127 Å². The summed E-state index contributed by atoms with van der Waals surface area (Å²) in [4.78, 5) is 6.47. The van der Waals surface area contributed by atoms with E-state index in [1.54, 1.807) is 0 Å². The van der Waals surface area contributed by atoms with Gasteiger partial charge in [0.1, 0.15) is 11.0 Å². The maximum absolute atomic E-state index is 12.9. The fourth-order valence-electron chi connectivity index (χ4n) is 1.43. The third-order valence-corrected chi connectivity index (χ3v) is 3.90. The van der Waals surface area contributed by atoms with Crippen LogP contribution in [0.1, 0.15) is 5.56 Å². The molecule has 0 saturated carbocycles. The lowest BCUT2D eigenvalue weighted by Crippen LogP contribution is -2.16. The molecule has 0 aliphatic heterocycles. The van der Waals surface area contributed by atoms with Crippen molar-refractivity contribution in [2.45, 2.75) is 11.2 Å². The molecule has 0 aliphatic rings. The molecule has 0 atom stereocenters. The highest BCUT2D eigenvalue weighted by Gasteiger charge is 2.34. The highest BCUT2D eigenvalue weighted by Crippen LogP contribution is 2.34. The number of rotatable bonds is 3. The van der Waals surface area contributed by atoms with Crippen molar-refractivity contribution in [2.75, 3.05) is 4.72 Å². The van der Waals surface area contributed by atoms with E-state index in [0.29, 0.717) is 6.07 Å². The van der Waals surface area contributed by atoms with Crippen molar-refractivity contribution in [3.05, 3.63) is 47.0 Å². The Hall–Kier alpha value is -1.94. The van der Waals surface area contributed by atoms with Crippen LogP contribution in [-0.4, -0.2) is 18.4 Å². The lowest BCUT2D eigenvalue weighted by Gasteiger charge is -2.10. The average Bonchev–Trinajstić information content (AvgIpc) is 2.36. The van der Waals surface area contributed by atoms with Gasteiger partial charge in [0, 0.05) is 0 Å². The zero-order valence-electron chi connectivity index (χ0n) is 10.4. The Morgan fingerprint density at radius 1 is 1.09 bits per heavy atom. The largest absolute Gasteiger partial charge is 0.419 e. The molecule has 22 heavy (non-hydrogen) atoms. The number of sulfonamides is 1. The maximum atomic E-state index is 12.9. The summed E-state index contributed by atoms with van der Waals surface area (Å²) in [5.74, 6) is -1.48. The van der Waals surface area contributed by atoms with Crippen LogP contribution in [0.3, 0.4) is 0 Å². The maximum Gasteiger partial charge on any atom is 0.419 e. The quantitative estimate of drug-likeness (QED) is 0.678. The van der Waals surface area contributed by atoms with Crippen LogP contribution in [0.4, 0.5) is 23.4 Å². The second-order valence-corrected chi connectivity index (χ2v) is 5.92. The summed E-state index contributed by atoms with van der Waals surface area (Å²) in [6.45, 7) is 0. The highest BCUT2D eigenvalue weighted by molar-refractivity contribution is 7.92. The number of alkyl halides is 3. The van der Waals surface area contributed by atoms with Gasteiger partial charge in [-0.2, -0.15) is 26.0 Å². The Balaban J connectivity index is 2.33. The van der Waals surface area contributed by atoms with E-state index in [0.717, 1.165) is 24.3 Å². The lowest BCUT2D eigenvalue weighted by molar-refractivity contribution is -0.137. The molecule has 2 aromatic rings. The first-order valence-electron chi connectivity index (χ1n) is 5.49. The van der Waals surface area contributed by atoms with Crippen molar-refractivity contribution in [1.29, 1.82) is 0 Å². The van der Waals surface area contributed by atoms with Gasteiger partial charge in [-0.3, -0.25) is 4.72 Å². The minimum atomic E-state index is -4.72. The highest BCUT2D eigenvalue weighted by atomic mass is 35.5. The van der Waals surface area contributed by atoms with E-state index < -0.39 is 43.7 Å². The smallest absolute Gasteiger partial charge is 0.262 e. The number of hydrogen-bond donors (Lipinski definition) is 1. The van der Waals surface area contributed by atoms with Gasteiger partial charge in [-0.15, -0.1) is 0 Å². The van der Waals surface area contributed by atoms with Crippen molar-refractivity contribution >= 4 is 27.4 Å². The average molecular weight is 356 g/mol. The molecule has 11 heteroatoms. The van der Waals surface area contributed by atoms with Gasteiger partial charge in [0.05, 0.1) is 5.56 Å². The number of halogens is 5. The van der Waals surface area contributed by atoms with Gasteiger partial charge in [-0.05, 0) is 24.3 Å². The van der Waals surface area contributed by atoms with Crippen molar-refractivity contribution in [1.82, 2.24) is 9.97 Å². The van der Waals surface area contributed by atoms with Crippen LogP contribution in [0.2, 0.25) is 5.15 Å². The molecule has 2 heterocycles. The fraction of sp³-hybridized carbons (Fsp3) is 0.0909. The number of nitrogens with zero attached hydrogens (tertiary/aromatic N) is 2. The summed E-state index contributed by atoms with van der Waals surface area (Å²) in [6, 6.07) is 4.42. The summed E-state index contributed by atoms with van der Waals surface area (Å²) >= 11 is 5.37. The van der Waals surface area contributed by atoms with Crippen molar-refractivity contribution < 1.29 is 26.0 Å². The second-order valence-electron chi connectivity index (χ2n) is 3.94. The molecule has 0 unspecified atom stereocenters. The van der Waals surface area contributed by atoms with Gasteiger partial charge in [0.25, 0.3) is 10.0 Å². The predicted octanol–water partition coefficient (Wildman–Crippen LogP) is 3.09. The van der Waals surface area contributed by atoms with Gasteiger partial charge in [-0.1, -0.05) is 17.7 Å². The molecule has 2 aromatic heterocycles. The number of anilines is 1. The van der Waals surface area contributed by atoms with Crippen LogP contribution in [0.5, 0.6) is 0 Å². The van der Waals surface area contributed by atoms with Crippen LogP contribution in [-0.2, 0) is 16.2 Å². The molecule has 2 rings (SSSR count). The molecule has 0 radical (unpaired) electrons. The van der Waals surface area contributed by atoms with Gasteiger partial charge >= 0.3 is 6.18 Å². The van der Waals surface area contributed by atoms with Crippen LogP contribution in [0.25, 0.3) is 0 Å². The number of nitrogens with one attached hydrogen (secondary N) is 1. The first-order valence-corrected chi connectivity index (χ1v) is 7.35. The Morgan fingerprint density at radius 3 is 2.32 bits per heavy atom. The van der Waals surface area contributed by atoms with Crippen molar-refractivity contribution in [3.8, 4) is 0 Å². The van der Waals surface area contributed by atoms with Crippen LogP contribution in [0, 0.1) is 5.95 Å². The van der Waals surface area contributed by atoms with E-state index >= 15 is 0 Å². The molecular weight excluding hydrogens is 350 g/mol. The summed E-state index contributed by atoms with van der Waals surface area (Å²) in [6.07, 6.45) is -4.72. The predicted molar refractivity (Wildman–Crippen MR) is 69.3 cm³/mol. The zero-order valence-corrected chi connectivity index (χ0v) is 12.0. The van der Waals surface area contributed by atoms with E-state index in [1.807, 2.05) is 4.72 Å². The van der Waals surface area contributed by atoms with Crippen molar-refractivity contribution in [2.24, 2.45) is 0 Å². The third-order valence-electron chi connectivity index (χ3n) is 2.36. The fourth-order valence-corrected chi connectivity index (χ4v) is 2.65. The summed E-state index contributed by atoms with van der Waals surface area (Å²) in [5.41, 5.74) is -1.21. The number of pyridine rings is 2. The molecule has 1 N–H and O–H groups in total. The van der Waals surface area contributed by atoms with Gasteiger partial charge in [0.15, 0.2) is 5.03 Å². The molecule has 0 spiro atoms.